The molecule has 0 fully saturated rings. The van der Waals surface area contributed by atoms with Crippen molar-refractivity contribution in [2.45, 2.75) is 12.3 Å². The Morgan fingerprint density at radius 2 is 0.984 bits per heavy atom. The van der Waals surface area contributed by atoms with Crippen LogP contribution >= 0.6 is 11.3 Å². The van der Waals surface area contributed by atoms with Crippen LogP contribution in [0.25, 0.3) is 44.5 Å². The van der Waals surface area contributed by atoms with Gasteiger partial charge >= 0.3 is 0 Å². The van der Waals surface area contributed by atoms with Crippen LogP contribution in [0, 0.1) is 6.92 Å². The highest BCUT2D eigenvalue weighted by molar-refractivity contribution is 7.30. The van der Waals surface area contributed by atoms with Gasteiger partial charge in [-0.15, -0.1) is 11.3 Å². The first-order valence-corrected chi connectivity index (χ1v) is 23.1. The molecule has 0 atom stereocenters. The van der Waals surface area contributed by atoms with Crippen LogP contribution in [0.15, 0.2) is 218 Å². The lowest BCUT2D eigenvalue weighted by Crippen LogP contribution is -2.60. The summed E-state index contributed by atoms with van der Waals surface area (Å²) in [6.45, 7) is 2.21. The van der Waals surface area contributed by atoms with E-state index in [1.807, 2.05) is 11.3 Å². The first-order valence-electron chi connectivity index (χ1n) is 22.3. The minimum Gasteiger partial charge on any atom is -0.311 e. The number of rotatable bonds is 4. The maximum absolute atomic E-state index is 2.60. The molecule has 14 rings (SSSR count). The van der Waals surface area contributed by atoms with Gasteiger partial charge in [0.25, 0.3) is 6.71 Å². The molecule has 9 aromatic carbocycles. The third kappa shape index (κ3) is 4.70. The quantitative estimate of drug-likeness (QED) is 0.163. The van der Waals surface area contributed by atoms with Gasteiger partial charge < -0.3 is 9.80 Å². The van der Waals surface area contributed by atoms with Gasteiger partial charge in [0.1, 0.15) is 0 Å². The van der Waals surface area contributed by atoms with Gasteiger partial charge in [-0.3, -0.25) is 0 Å². The predicted octanol–water partition coefficient (Wildman–Crippen LogP) is 13.8. The number of para-hydroxylation sites is 2. The molecule has 2 nitrogen and oxygen atoms in total. The van der Waals surface area contributed by atoms with Crippen molar-refractivity contribution in [3.8, 4) is 44.5 Å². The van der Waals surface area contributed by atoms with Crippen LogP contribution in [-0.2, 0) is 5.41 Å². The molecule has 1 aromatic heterocycles. The lowest BCUT2D eigenvalue weighted by molar-refractivity contribution is 0.811. The molecule has 64 heavy (non-hydrogen) atoms. The lowest BCUT2D eigenvalue weighted by Gasteiger charge is -2.43. The van der Waals surface area contributed by atoms with Crippen LogP contribution in [0.2, 0.25) is 0 Å². The van der Waals surface area contributed by atoms with Crippen LogP contribution in [0.5, 0.6) is 0 Å². The summed E-state index contributed by atoms with van der Waals surface area (Å²) < 4.78 is 1.40. The van der Waals surface area contributed by atoms with Crippen molar-refractivity contribution >= 4 is 67.9 Å². The Labute approximate surface area is 378 Å². The Kier molecular flexibility index (Phi) is 7.53. The van der Waals surface area contributed by atoms with Crippen LogP contribution in [0.3, 0.4) is 0 Å². The van der Waals surface area contributed by atoms with Crippen molar-refractivity contribution in [2.75, 3.05) is 9.80 Å². The second-order valence-electron chi connectivity index (χ2n) is 17.6. The third-order valence-electron chi connectivity index (χ3n) is 14.3. The second kappa shape index (κ2) is 13.4. The molecule has 0 unspecified atom stereocenters. The van der Waals surface area contributed by atoms with Crippen LogP contribution in [0.1, 0.15) is 27.1 Å². The molecule has 0 amide bonds. The minimum atomic E-state index is -0.436. The van der Waals surface area contributed by atoms with Crippen molar-refractivity contribution in [1.82, 2.24) is 0 Å². The van der Waals surface area contributed by atoms with E-state index < -0.39 is 5.41 Å². The van der Waals surface area contributed by atoms with Gasteiger partial charge in [0.2, 0.25) is 0 Å². The zero-order chi connectivity index (χ0) is 42.1. The van der Waals surface area contributed by atoms with Crippen molar-refractivity contribution < 1.29 is 0 Å². The molecular formula is C60H39BN2S. The summed E-state index contributed by atoms with van der Waals surface area (Å²) in [4.78, 5) is 6.55. The van der Waals surface area contributed by atoms with Crippen molar-refractivity contribution in [3.63, 3.8) is 0 Å². The van der Waals surface area contributed by atoms with Crippen molar-refractivity contribution in [2.24, 2.45) is 0 Å². The van der Waals surface area contributed by atoms with Gasteiger partial charge in [-0.25, -0.2) is 0 Å². The summed E-state index contributed by atoms with van der Waals surface area (Å²) in [7, 11) is 0. The number of benzene rings is 9. The number of thiophene rings is 1. The van der Waals surface area contributed by atoms with Gasteiger partial charge in [-0.1, -0.05) is 181 Å². The van der Waals surface area contributed by atoms with Crippen LogP contribution < -0.4 is 25.5 Å². The fraction of sp³-hybridized carbons (Fsp3) is 0.0333. The molecule has 0 radical (unpaired) electrons. The van der Waals surface area contributed by atoms with Crippen LogP contribution in [0.4, 0.5) is 34.1 Å². The predicted molar refractivity (Wildman–Crippen MR) is 270 cm³/mol. The molecular weight excluding hydrogens is 792 g/mol. The van der Waals surface area contributed by atoms with Crippen LogP contribution in [-0.4, -0.2) is 6.71 Å². The monoisotopic (exact) mass is 830 g/mol. The highest BCUT2D eigenvalue weighted by Gasteiger charge is 2.56. The summed E-state index contributed by atoms with van der Waals surface area (Å²) in [5.74, 6) is 0. The molecule has 0 bridgehead atoms. The maximum atomic E-state index is 2.60. The molecule has 2 aliphatic carbocycles. The van der Waals surface area contributed by atoms with E-state index in [-0.39, 0.29) is 6.71 Å². The number of fused-ring (bicyclic) bond motifs is 15. The number of anilines is 6. The summed E-state index contributed by atoms with van der Waals surface area (Å²) in [6, 6.07) is 81.7. The lowest BCUT2D eigenvalue weighted by atomic mass is 9.36. The molecule has 2 aliphatic heterocycles. The second-order valence-corrected chi connectivity index (χ2v) is 18.6. The summed E-state index contributed by atoms with van der Waals surface area (Å²) >= 11 is 2.04. The average molecular weight is 831 g/mol. The number of aryl methyl sites for hydroxylation is 1. The van der Waals surface area contributed by atoms with Gasteiger partial charge in [0.05, 0.1) is 11.1 Å². The first kappa shape index (κ1) is 35.9. The summed E-state index contributed by atoms with van der Waals surface area (Å²) in [5, 5.41) is 0. The van der Waals surface area contributed by atoms with E-state index in [4.69, 9.17) is 0 Å². The van der Waals surface area contributed by atoms with E-state index in [0.717, 1.165) is 5.69 Å². The summed E-state index contributed by atoms with van der Waals surface area (Å²) in [6.07, 6.45) is 0. The highest BCUT2D eigenvalue weighted by atomic mass is 32.1. The van der Waals surface area contributed by atoms with Gasteiger partial charge in [0, 0.05) is 43.7 Å². The Bertz CT molecular complexity index is 3490. The maximum Gasteiger partial charge on any atom is 0.264 e. The Hall–Kier alpha value is -7.66. The van der Waals surface area contributed by atoms with Crippen molar-refractivity contribution in [3.05, 3.63) is 246 Å². The Balaban J connectivity index is 1.09. The molecule has 0 saturated carbocycles. The number of nitrogens with zero attached hydrogens (tertiary/aromatic N) is 2. The topological polar surface area (TPSA) is 6.48 Å². The van der Waals surface area contributed by atoms with Gasteiger partial charge in [0.15, 0.2) is 0 Å². The third-order valence-corrected chi connectivity index (χ3v) is 15.7. The van der Waals surface area contributed by atoms with E-state index in [9.17, 15) is 0 Å². The SMILES string of the molecule is Cc1ccc(-c2ccccc2)c(-c2ccc3c(c2)N(c2ccccc2)c2cccc4c2B3c2sc3c(c2N4c2ccccc2)-c2ccccc2C32c3ccccc3-c3ccccc32)c1. The smallest absolute Gasteiger partial charge is 0.264 e. The standard InChI is InChI=1S/C60H39BN2S/c1-38-32-34-43(39-18-5-2-6-19-39)47(36-38)40-33-35-51-54(37-40)62(41-20-7-3-8-21-41)52-30-17-31-53-56(52)61(51)59-57(63(53)42-22-9-4-10-23-42)55-46-26-13-16-29-50(46)60(58(55)64-59)48-27-14-11-24-44(48)45-25-12-15-28-49(45)60/h2-37H,1H3. The Morgan fingerprint density at radius 1 is 0.422 bits per heavy atom. The molecule has 3 heterocycles. The highest BCUT2D eigenvalue weighted by Crippen LogP contribution is 2.66. The molecule has 298 valence electrons. The fourth-order valence-corrected chi connectivity index (χ4v) is 13.5. The van der Waals surface area contributed by atoms with Gasteiger partial charge in [-0.05, 0) is 116 Å². The zero-order valence-corrected chi connectivity index (χ0v) is 36.0. The van der Waals surface area contributed by atoms with E-state index in [1.54, 1.807) is 0 Å². The van der Waals surface area contributed by atoms with Crippen molar-refractivity contribution in [1.29, 1.82) is 0 Å². The molecule has 0 N–H and O–H groups in total. The Morgan fingerprint density at radius 3 is 1.66 bits per heavy atom. The first-order chi connectivity index (χ1) is 31.7. The van der Waals surface area contributed by atoms with Gasteiger partial charge in [-0.2, -0.15) is 0 Å². The average Bonchev–Trinajstić information content (AvgIpc) is 3.99. The van der Waals surface area contributed by atoms with E-state index in [0.29, 0.717) is 0 Å². The van der Waals surface area contributed by atoms with E-state index in [2.05, 4.69) is 235 Å². The van der Waals surface area contributed by atoms with E-state index >= 15 is 0 Å². The molecule has 4 heteroatoms. The number of hydrogen-bond acceptors (Lipinski definition) is 3. The fourth-order valence-electron chi connectivity index (χ4n) is 11.8. The van der Waals surface area contributed by atoms with E-state index in [1.165, 1.54) is 116 Å². The molecule has 1 spiro atoms. The zero-order valence-electron chi connectivity index (χ0n) is 35.2. The molecule has 10 aromatic rings. The largest absolute Gasteiger partial charge is 0.311 e. The normalized spacial score (nSPS) is 14.0. The molecule has 0 saturated heterocycles. The summed E-state index contributed by atoms with van der Waals surface area (Å²) in [5.41, 5.74) is 25.2. The number of hydrogen-bond donors (Lipinski definition) is 0. The minimum absolute atomic E-state index is 0.00276. The molecule has 4 aliphatic rings.